The minimum Gasteiger partial charge on any atom is -0.325 e. The van der Waals surface area contributed by atoms with E-state index >= 15 is 0 Å². The number of aryl methyl sites for hydroxylation is 2. The third kappa shape index (κ3) is 3.68. The summed E-state index contributed by atoms with van der Waals surface area (Å²) in [7, 11) is 1.90. The van der Waals surface area contributed by atoms with Gasteiger partial charge in [-0.2, -0.15) is 5.26 Å². The van der Waals surface area contributed by atoms with E-state index in [1.807, 2.05) is 41.9 Å². The molecule has 0 spiro atoms. The van der Waals surface area contributed by atoms with Crippen LogP contribution in [0.3, 0.4) is 0 Å². The highest BCUT2D eigenvalue weighted by atomic mass is 32.1. The van der Waals surface area contributed by atoms with Gasteiger partial charge in [-0.05, 0) is 43.5 Å². The predicted octanol–water partition coefficient (Wildman–Crippen LogP) is 1.98. The van der Waals surface area contributed by atoms with Crippen molar-refractivity contribution in [3.05, 3.63) is 61.8 Å². The molecular weight excluding hydrogens is 362 g/mol. The molecule has 27 heavy (non-hydrogen) atoms. The highest BCUT2D eigenvalue weighted by Crippen LogP contribution is 2.16. The lowest BCUT2D eigenvalue weighted by molar-refractivity contribution is -0.121. The number of aromatic amines is 1. The number of hydrogen-bond acceptors (Lipinski definition) is 5. The molecule has 0 unspecified atom stereocenters. The number of nitriles is 1. The van der Waals surface area contributed by atoms with Gasteiger partial charge >= 0.3 is 0 Å². The van der Waals surface area contributed by atoms with E-state index in [-0.39, 0.29) is 17.9 Å². The third-order valence-electron chi connectivity index (χ3n) is 4.51. The molecule has 0 fully saturated rings. The fourth-order valence-corrected chi connectivity index (χ4v) is 3.99. The van der Waals surface area contributed by atoms with E-state index in [0.29, 0.717) is 22.5 Å². The Balaban J connectivity index is 1.75. The van der Waals surface area contributed by atoms with Crippen LogP contribution in [0.2, 0.25) is 0 Å². The number of aromatic nitrogens is 2. The molecule has 0 aliphatic carbocycles. The van der Waals surface area contributed by atoms with Crippen LogP contribution in [-0.2, 0) is 18.3 Å². The molecule has 0 saturated heterocycles. The molecule has 0 radical (unpaired) electrons. The molecule has 2 heterocycles. The summed E-state index contributed by atoms with van der Waals surface area (Å²) in [6, 6.07) is 9.85. The van der Waals surface area contributed by atoms with Crippen LogP contribution in [0.5, 0.6) is 0 Å². The number of carbonyl (C=O) groups excluding carboxylic acids is 1. The van der Waals surface area contributed by atoms with Crippen molar-refractivity contribution in [2.24, 2.45) is 12.1 Å². The fourth-order valence-electron chi connectivity index (χ4n) is 3.01. The number of hydrogen-bond donors (Lipinski definition) is 2. The maximum atomic E-state index is 12.2. The molecule has 2 aromatic heterocycles. The van der Waals surface area contributed by atoms with E-state index in [1.54, 1.807) is 13.8 Å². The largest absolute Gasteiger partial charge is 0.325 e. The second-order valence-corrected chi connectivity index (χ2v) is 7.24. The maximum Gasteiger partial charge on any atom is 0.266 e. The minimum absolute atomic E-state index is 0.0954. The lowest BCUT2D eigenvalue weighted by atomic mass is 9.99. The molecule has 0 saturated carbocycles. The summed E-state index contributed by atoms with van der Waals surface area (Å²) in [4.78, 5) is 27.4. The van der Waals surface area contributed by atoms with Crippen molar-refractivity contribution in [3.8, 4) is 6.07 Å². The molecular formula is C19H19N5O2S. The second-order valence-electron chi connectivity index (χ2n) is 6.23. The Morgan fingerprint density at radius 3 is 2.81 bits per heavy atom. The van der Waals surface area contributed by atoms with Crippen molar-refractivity contribution in [1.82, 2.24) is 15.0 Å². The van der Waals surface area contributed by atoms with Gasteiger partial charge in [-0.25, -0.2) is 5.43 Å². The number of rotatable bonds is 4. The lowest BCUT2D eigenvalue weighted by Gasteiger charge is -2.10. The molecule has 8 heteroatoms. The summed E-state index contributed by atoms with van der Waals surface area (Å²) in [5.41, 5.74) is 5.46. The Morgan fingerprint density at radius 1 is 1.37 bits per heavy atom. The molecule has 0 atom stereocenters. The molecule has 0 aliphatic heterocycles. The summed E-state index contributed by atoms with van der Waals surface area (Å²) in [5, 5.41) is 13.3. The van der Waals surface area contributed by atoms with Gasteiger partial charge < -0.3 is 9.55 Å². The molecule has 7 nitrogen and oxygen atoms in total. The van der Waals surface area contributed by atoms with E-state index in [4.69, 9.17) is 5.26 Å². The van der Waals surface area contributed by atoms with Crippen molar-refractivity contribution in [1.29, 1.82) is 5.26 Å². The van der Waals surface area contributed by atoms with Crippen LogP contribution in [0.4, 0.5) is 0 Å². The zero-order chi connectivity index (χ0) is 19.6. The number of amides is 1. The average molecular weight is 381 g/mol. The zero-order valence-corrected chi connectivity index (χ0v) is 16.1. The van der Waals surface area contributed by atoms with E-state index in [2.05, 4.69) is 15.5 Å². The van der Waals surface area contributed by atoms with Gasteiger partial charge in [-0.15, -0.1) is 5.10 Å². The summed E-state index contributed by atoms with van der Waals surface area (Å²) in [5.74, 6) is -0.226. The van der Waals surface area contributed by atoms with Gasteiger partial charge in [0.05, 0.1) is 10.2 Å². The Bertz CT molecular complexity index is 1190. The van der Waals surface area contributed by atoms with Gasteiger partial charge in [0.1, 0.15) is 11.6 Å². The number of carbonyl (C=O) groups is 1. The number of thiazole rings is 1. The Hall–Kier alpha value is -3.18. The molecule has 1 amide bonds. The van der Waals surface area contributed by atoms with E-state index in [9.17, 15) is 9.59 Å². The quantitative estimate of drug-likeness (QED) is 0.675. The second kappa shape index (κ2) is 7.60. The lowest BCUT2D eigenvalue weighted by Crippen LogP contribution is -2.24. The summed E-state index contributed by atoms with van der Waals surface area (Å²) in [6.45, 7) is 3.50. The number of H-pyrrole nitrogens is 1. The standard InChI is InChI=1S/C19H19N5O2S/c1-11-13(12(2)21-18(26)14(11)10-20)8-9-17(25)22-23-19-24(3)15-6-4-5-7-16(15)27-19/h4-7H,8-9H2,1-3H3,(H,21,26)(H,22,25)/b23-19-. The van der Waals surface area contributed by atoms with Crippen molar-refractivity contribution >= 4 is 27.5 Å². The number of pyridine rings is 1. The van der Waals surface area contributed by atoms with Crippen LogP contribution in [-0.4, -0.2) is 15.5 Å². The maximum absolute atomic E-state index is 12.2. The highest BCUT2D eigenvalue weighted by molar-refractivity contribution is 7.16. The molecule has 3 aromatic rings. The number of para-hydroxylation sites is 1. The van der Waals surface area contributed by atoms with Crippen molar-refractivity contribution < 1.29 is 4.79 Å². The summed E-state index contributed by atoms with van der Waals surface area (Å²) in [6.07, 6.45) is 0.625. The third-order valence-corrected chi connectivity index (χ3v) is 5.63. The van der Waals surface area contributed by atoms with Gasteiger partial charge in [0.15, 0.2) is 0 Å². The number of fused-ring (bicyclic) bond motifs is 1. The predicted molar refractivity (Wildman–Crippen MR) is 104 cm³/mol. The Labute approximate surface area is 159 Å². The minimum atomic E-state index is -0.395. The normalized spacial score (nSPS) is 11.6. The topological polar surface area (TPSA) is 103 Å². The number of benzene rings is 1. The van der Waals surface area contributed by atoms with E-state index in [0.717, 1.165) is 15.8 Å². The molecule has 3 rings (SSSR count). The fraction of sp³-hybridized carbons (Fsp3) is 0.263. The van der Waals surface area contributed by atoms with Crippen LogP contribution in [0.25, 0.3) is 10.2 Å². The zero-order valence-electron chi connectivity index (χ0n) is 15.3. The van der Waals surface area contributed by atoms with Crippen LogP contribution in [0.15, 0.2) is 34.2 Å². The first-order valence-corrected chi connectivity index (χ1v) is 9.23. The summed E-state index contributed by atoms with van der Waals surface area (Å²) >= 11 is 1.50. The van der Waals surface area contributed by atoms with Gasteiger partial charge in [0, 0.05) is 19.2 Å². The first kappa shape index (κ1) is 18.6. The first-order chi connectivity index (χ1) is 12.9. The van der Waals surface area contributed by atoms with Crippen LogP contribution in [0.1, 0.15) is 28.8 Å². The molecule has 0 aliphatic rings. The smallest absolute Gasteiger partial charge is 0.266 e. The van der Waals surface area contributed by atoms with Crippen LogP contribution < -0.4 is 15.8 Å². The van der Waals surface area contributed by atoms with Gasteiger partial charge in [0.25, 0.3) is 5.56 Å². The van der Waals surface area contributed by atoms with Gasteiger partial charge in [-0.1, -0.05) is 23.5 Å². The van der Waals surface area contributed by atoms with Gasteiger partial charge in [0.2, 0.25) is 10.7 Å². The van der Waals surface area contributed by atoms with Crippen LogP contribution in [0, 0.1) is 25.2 Å². The SMILES string of the molecule is Cc1[nH]c(=O)c(C#N)c(C)c1CCC(=O)N/N=c1\sc2ccccc2n1C. The Kier molecular flexibility index (Phi) is 5.23. The molecule has 1 aromatic carbocycles. The molecule has 2 N–H and O–H groups in total. The number of nitrogens with zero attached hydrogens (tertiary/aromatic N) is 3. The molecule has 138 valence electrons. The van der Waals surface area contributed by atoms with Crippen LogP contribution >= 0.6 is 11.3 Å². The van der Waals surface area contributed by atoms with E-state index < -0.39 is 5.56 Å². The van der Waals surface area contributed by atoms with Crippen molar-refractivity contribution in [2.45, 2.75) is 26.7 Å². The molecule has 0 bridgehead atoms. The number of nitrogens with one attached hydrogen (secondary N) is 2. The Morgan fingerprint density at radius 2 is 2.11 bits per heavy atom. The van der Waals surface area contributed by atoms with E-state index in [1.165, 1.54) is 11.3 Å². The van der Waals surface area contributed by atoms with Gasteiger partial charge in [-0.3, -0.25) is 9.59 Å². The van der Waals surface area contributed by atoms with Crippen molar-refractivity contribution in [2.75, 3.05) is 0 Å². The van der Waals surface area contributed by atoms with Crippen molar-refractivity contribution in [3.63, 3.8) is 0 Å². The highest BCUT2D eigenvalue weighted by Gasteiger charge is 2.13. The first-order valence-electron chi connectivity index (χ1n) is 8.42. The monoisotopic (exact) mass is 381 g/mol. The average Bonchev–Trinajstić information content (AvgIpc) is 2.96. The summed E-state index contributed by atoms with van der Waals surface area (Å²) < 4.78 is 3.02.